The van der Waals surface area contributed by atoms with Crippen molar-refractivity contribution in [2.45, 2.75) is 0 Å². The molecular weight excluding hydrogens is 419 g/mol. The van der Waals surface area contributed by atoms with Crippen LogP contribution in [-0.4, -0.2) is 26.0 Å². The van der Waals surface area contributed by atoms with E-state index >= 15 is 0 Å². The van der Waals surface area contributed by atoms with Crippen molar-refractivity contribution in [2.75, 3.05) is 24.9 Å². The van der Waals surface area contributed by atoms with Crippen molar-refractivity contribution in [3.63, 3.8) is 0 Å². The van der Waals surface area contributed by atoms with Crippen LogP contribution in [-0.2, 0) is 0 Å². The quantitative estimate of drug-likeness (QED) is 0.562. The number of hydrogen-bond acceptors (Lipinski definition) is 5. The van der Waals surface area contributed by atoms with Gasteiger partial charge >= 0.3 is 0 Å². The minimum Gasteiger partial charge on any atom is -0.495 e. The van der Waals surface area contributed by atoms with Crippen LogP contribution >= 0.6 is 23.2 Å². The van der Waals surface area contributed by atoms with Gasteiger partial charge in [0.05, 0.1) is 36.8 Å². The summed E-state index contributed by atoms with van der Waals surface area (Å²) in [6.45, 7) is 0. The van der Waals surface area contributed by atoms with E-state index in [0.717, 1.165) is 0 Å². The van der Waals surface area contributed by atoms with E-state index in [4.69, 9.17) is 37.1 Å². The van der Waals surface area contributed by atoms with Crippen LogP contribution in [0.3, 0.4) is 0 Å². The maximum atomic E-state index is 12.8. The third kappa shape index (κ3) is 4.64. The molecule has 2 aromatic carbocycles. The Morgan fingerprint density at radius 3 is 2.41 bits per heavy atom. The Morgan fingerprint density at radius 1 is 0.966 bits per heavy atom. The van der Waals surface area contributed by atoms with Crippen LogP contribution in [0.15, 0.2) is 53.1 Å². The van der Waals surface area contributed by atoms with Crippen LogP contribution in [0, 0.1) is 0 Å². The molecule has 29 heavy (non-hydrogen) atoms. The Kier molecular flexibility index (Phi) is 6.31. The second kappa shape index (κ2) is 8.89. The minimum atomic E-state index is -0.515. The molecule has 0 unspecified atom stereocenters. The molecule has 0 saturated heterocycles. The number of nitrogens with one attached hydrogen (secondary N) is 2. The normalized spacial score (nSPS) is 10.3. The summed E-state index contributed by atoms with van der Waals surface area (Å²) in [4.78, 5) is 25.0. The smallest absolute Gasteiger partial charge is 0.291 e. The molecule has 0 radical (unpaired) electrons. The molecule has 0 bridgehead atoms. The van der Waals surface area contributed by atoms with E-state index < -0.39 is 11.8 Å². The first-order valence-electron chi connectivity index (χ1n) is 8.30. The topological polar surface area (TPSA) is 89.8 Å². The molecule has 0 spiro atoms. The van der Waals surface area contributed by atoms with Crippen LogP contribution in [0.5, 0.6) is 11.5 Å². The van der Waals surface area contributed by atoms with Crippen LogP contribution < -0.4 is 20.1 Å². The first-order valence-corrected chi connectivity index (χ1v) is 9.05. The molecule has 3 rings (SSSR count). The van der Waals surface area contributed by atoms with Crippen molar-refractivity contribution in [1.29, 1.82) is 0 Å². The predicted molar refractivity (Wildman–Crippen MR) is 111 cm³/mol. The van der Waals surface area contributed by atoms with E-state index in [0.29, 0.717) is 17.1 Å². The molecule has 0 aliphatic heterocycles. The third-order valence-electron chi connectivity index (χ3n) is 3.91. The zero-order valence-electron chi connectivity index (χ0n) is 15.4. The predicted octanol–water partition coefficient (Wildman–Crippen LogP) is 5.11. The van der Waals surface area contributed by atoms with Gasteiger partial charge in [0, 0.05) is 10.7 Å². The molecule has 0 atom stereocenters. The van der Waals surface area contributed by atoms with Gasteiger partial charge in [-0.1, -0.05) is 23.2 Å². The highest BCUT2D eigenvalue weighted by molar-refractivity contribution is 6.36. The largest absolute Gasteiger partial charge is 0.495 e. The summed E-state index contributed by atoms with van der Waals surface area (Å²) < 4.78 is 15.6. The second-order valence-electron chi connectivity index (χ2n) is 5.77. The molecule has 1 heterocycles. The summed E-state index contributed by atoms with van der Waals surface area (Å²) >= 11 is 12.1. The van der Waals surface area contributed by atoms with Crippen molar-refractivity contribution in [2.24, 2.45) is 0 Å². The van der Waals surface area contributed by atoms with Crippen molar-refractivity contribution < 1.29 is 23.5 Å². The Labute approximate surface area is 176 Å². The monoisotopic (exact) mass is 434 g/mol. The molecule has 150 valence electrons. The van der Waals surface area contributed by atoms with Gasteiger partial charge in [-0.25, -0.2) is 0 Å². The number of anilines is 2. The van der Waals surface area contributed by atoms with Gasteiger partial charge in [-0.3, -0.25) is 9.59 Å². The lowest BCUT2D eigenvalue weighted by Crippen LogP contribution is -2.15. The first kappa shape index (κ1) is 20.6. The number of rotatable bonds is 6. The average molecular weight is 435 g/mol. The van der Waals surface area contributed by atoms with Gasteiger partial charge in [0.25, 0.3) is 11.8 Å². The summed E-state index contributed by atoms with van der Waals surface area (Å²) in [6, 6.07) is 10.9. The molecule has 9 heteroatoms. The Morgan fingerprint density at radius 2 is 1.76 bits per heavy atom. The molecule has 7 nitrogen and oxygen atoms in total. The average Bonchev–Trinajstić information content (AvgIpc) is 3.22. The number of carbonyl (C=O) groups is 2. The molecule has 1 aromatic heterocycles. The van der Waals surface area contributed by atoms with Crippen molar-refractivity contribution in [3.05, 3.63) is 70.1 Å². The Balaban J connectivity index is 1.88. The molecule has 2 amide bonds. The third-order valence-corrected chi connectivity index (χ3v) is 4.41. The molecule has 0 saturated carbocycles. The lowest BCUT2D eigenvalue weighted by Gasteiger charge is -2.14. The van der Waals surface area contributed by atoms with E-state index in [-0.39, 0.29) is 27.1 Å². The highest BCUT2D eigenvalue weighted by Gasteiger charge is 2.19. The summed E-state index contributed by atoms with van der Waals surface area (Å²) in [5, 5.41) is 5.89. The van der Waals surface area contributed by atoms with Gasteiger partial charge in [-0.15, -0.1) is 0 Å². The Hall–Kier alpha value is -3.16. The van der Waals surface area contributed by atoms with Crippen molar-refractivity contribution in [1.82, 2.24) is 0 Å². The SMILES string of the molecule is COc1ccc(NC(=O)c2ccco2)cc1NC(=O)c1cc(Cl)cc(Cl)c1OC. The number of amides is 2. The van der Waals surface area contributed by atoms with Gasteiger partial charge in [0.1, 0.15) is 11.5 Å². The summed E-state index contributed by atoms with van der Waals surface area (Å²) in [5.41, 5.74) is 0.906. The van der Waals surface area contributed by atoms with Crippen molar-refractivity contribution >= 4 is 46.4 Å². The van der Waals surface area contributed by atoms with E-state index in [1.54, 1.807) is 24.3 Å². The van der Waals surface area contributed by atoms with Gasteiger partial charge in [0.15, 0.2) is 5.76 Å². The number of hydrogen-bond donors (Lipinski definition) is 2. The zero-order valence-corrected chi connectivity index (χ0v) is 16.9. The lowest BCUT2D eigenvalue weighted by molar-refractivity contribution is 0.0994. The van der Waals surface area contributed by atoms with Crippen LogP contribution in [0.25, 0.3) is 0 Å². The van der Waals surface area contributed by atoms with Gasteiger partial charge in [0.2, 0.25) is 0 Å². The number of ether oxygens (including phenoxy) is 2. The first-order chi connectivity index (χ1) is 13.9. The molecular formula is C20H16Cl2N2O5. The highest BCUT2D eigenvalue weighted by atomic mass is 35.5. The standard InChI is InChI=1S/C20H16Cl2N2O5/c1-27-16-6-5-12(23-20(26)17-4-3-7-29-17)10-15(16)24-19(25)13-8-11(21)9-14(22)18(13)28-2/h3-10H,1-2H3,(H,23,26)(H,24,25). The zero-order chi connectivity index (χ0) is 21.0. The van der Waals surface area contributed by atoms with Crippen molar-refractivity contribution in [3.8, 4) is 11.5 Å². The summed E-state index contributed by atoms with van der Waals surface area (Å²) in [5.74, 6) is -0.208. The summed E-state index contributed by atoms with van der Waals surface area (Å²) in [6.07, 6.45) is 1.40. The second-order valence-corrected chi connectivity index (χ2v) is 6.61. The number of carbonyl (C=O) groups excluding carboxylic acids is 2. The fourth-order valence-electron chi connectivity index (χ4n) is 2.61. The number of methoxy groups -OCH3 is 2. The molecule has 0 aliphatic carbocycles. The van der Waals surface area contributed by atoms with Crippen LogP contribution in [0.1, 0.15) is 20.9 Å². The van der Waals surface area contributed by atoms with Gasteiger partial charge < -0.3 is 24.5 Å². The highest BCUT2D eigenvalue weighted by Crippen LogP contribution is 2.34. The van der Waals surface area contributed by atoms with E-state index in [9.17, 15) is 9.59 Å². The van der Waals surface area contributed by atoms with E-state index in [1.807, 2.05) is 0 Å². The van der Waals surface area contributed by atoms with Gasteiger partial charge in [-0.2, -0.15) is 0 Å². The van der Waals surface area contributed by atoms with E-state index in [1.165, 1.54) is 38.7 Å². The molecule has 3 aromatic rings. The maximum absolute atomic E-state index is 12.8. The number of furan rings is 1. The lowest BCUT2D eigenvalue weighted by atomic mass is 10.1. The molecule has 0 aliphatic rings. The van der Waals surface area contributed by atoms with Gasteiger partial charge in [-0.05, 0) is 42.5 Å². The number of benzene rings is 2. The summed E-state index contributed by atoms with van der Waals surface area (Å²) in [7, 11) is 2.86. The fourth-order valence-corrected chi connectivity index (χ4v) is 3.18. The van der Waals surface area contributed by atoms with Crippen LogP contribution in [0.2, 0.25) is 10.0 Å². The number of halogens is 2. The van der Waals surface area contributed by atoms with E-state index in [2.05, 4.69) is 10.6 Å². The minimum absolute atomic E-state index is 0.150. The molecule has 0 fully saturated rings. The Bertz CT molecular complexity index is 1050. The fraction of sp³-hybridized carbons (Fsp3) is 0.100. The molecule has 2 N–H and O–H groups in total. The maximum Gasteiger partial charge on any atom is 0.291 e. The van der Waals surface area contributed by atoms with Crippen LogP contribution in [0.4, 0.5) is 11.4 Å².